The van der Waals surface area contributed by atoms with Gasteiger partial charge in [0.25, 0.3) is 0 Å². The minimum Gasteiger partial charge on any atom is -0.397 e. The highest BCUT2D eigenvalue weighted by atomic mass is 32.1. The number of fused-ring (bicyclic) bond motifs is 1. The molecule has 1 aromatic carbocycles. The second-order valence-corrected chi connectivity index (χ2v) is 4.81. The minimum absolute atomic E-state index is 0.853. The molecule has 3 heteroatoms. The maximum absolute atomic E-state index is 6.04. The van der Waals surface area contributed by atoms with Crippen molar-refractivity contribution < 1.29 is 0 Å². The van der Waals surface area contributed by atoms with Gasteiger partial charge in [0.05, 0.1) is 12.2 Å². The van der Waals surface area contributed by atoms with Crippen LogP contribution in [0.2, 0.25) is 0 Å². The number of anilines is 1. The fourth-order valence-electron chi connectivity index (χ4n) is 1.94. The molecule has 0 unspecified atom stereocenters. The van der Waals surface area contributed by atoms with Crippen molar-refractivity contribution in [2.24, 2.45) is 5.73 Å². The first-order valence-electron chi connectivity index (χ1n) is 5.20. The number of para-hydroxylation sites is 1. The third kappa shape index (κ3) is 1.49. The minimum atomic E-state index is 0.853. The van der Waals surface area contributed by atoms with Crippen LogP contribution >= 0.6 is 11.3 Å². The summed E-state index contributed by atoms with van der Waals surface area (Å²) >= 11 is 1.77. The summed E-state index contributed by atoms with van der Waals surface area (Å²) in [6.07, 6.45) is 2.02. The summed E-state index contributed by atoms with van der Waals surface area (Å²) in [4.78, 5) is 3.53. The fourth-order valence-corrected chi connectivity index (χ4v) is 2.84. The third-order valence-corrected chi connectivity index (χ3v) is 3.66. The van der Waals surface area contributed by atoms with Crippen molar-refractivity contribution in [1.29, 1.82) is 0 Å². The van der Waals surface area contributed by atoms with Crippen molar-refractivity contribution in [3.8, 4) is 0 Å². The molecule has 80 valence electrons. The molecular formula is C13H12N2S. The zero-order chi connectivity index (χ0) is 11.0. The largest absolute Gasteiger partial charge is 0.397 e. The second kappa shape index (κ2) is 3.68. The summed E-state index contributed by atoms with van der Waals surface area (Å²) < 4.78 is 0. The van der Waals surface area contributed by atoms with E-state index < -0.39 is 0 Å². The highest BCUT2D eigenvalue weighted by Crippen LogP contribution is 2.30. The lowest BCUT2D eigenvalue weighted by Gasteiger charge is -2.25. The molecule has 0 atom stereocenters. The molecule has 0 bridgehead atoms. The maximum atomic E-state index is 6.04. The normalized spacial score (nSPS) is 14.5. The Labute approximate surface area is 98.6 Å². The highest BCUT2D eigenvalue weighted by Gasteiger charge is 2.17. The Morgan fingerprint density at radius 2 is 1.94 bits per heavy atom. The molecule has 0 saturated carbocycles. The Kier molecular flexibility index (Phi) is 2.18. The van der Waals surface area contributed by atoms with Crippen LogP contribution in [-0.4, -0.2) is 0 Å². The number of rotatable bonds is 1. The molecule has 0 fully saturated rings. The van der Waals surface area contributed by atoms with Crippen LogP contribution in [0.3, 0.4) is 0 Å². The number of nitrogens with zero attached hydrogens (tertiary/aromatic N) is 1. The number of thiophene rings is 1. The fraction of sp³-hybridized carbons (Fsp3) is 0.0769. The Hall–Kier alpha value is -1.74. The van der Waals surface area contributed by atoms with Gasteiger partial charge in [-0.15, -0.1) is 11.3 Å². The first-order valence-corrected chi connectivity index (χ1v) is 6.08. The Bertz CT molecular complexity index is 528. The van der Waals surface area contributed by atoms with Gasteiger partial charge in [-0.05, 0) is 23.6 Å². The summed E-state index contributed by atoms with van der Waals surface area (Å²) in [5, 5.41) is 2.10. The molecule has 0 saturated heterocycles. The van der Waals surface area contributed by atoms with Crippen LogP contribution in [0, 0.1) is 0 Å². The number of hydrogen-bond acceptors (Lipinski definition) is 3. The van der Waals surface area contributed by atoms with Crippen LogP contribution in [0.15, 0.2) is 48.0 Å². The lowest BCUT2D eigenvalue weighted by molar-refractivity contribution is 0.966. The van der Waals surface area contributed by atoms with Gasteiger partial charge in [-0.1, -0.05) is 18.2 Å². The van der Waals surface area contributed by atoms with Crippen LogP contribution in [0.4, 0.5) is 5.69 Å². The van der Waals surface area contributed by atoms with Gasteiger partial charge < -0.3 is 10.6 Å². The van der Waals surface area contributed by atoms with Crippen molar-refractivity contribution in [2.45, 2.75) is 6.54 Å². The van der Waals surface area contributed by atoms with Gasteiger partial charge >= 0.3 is 0 Å². The molecule has 2 N–H and O–H groups in total. The summed E-state index contributed by atoms with van der Waals surface area (Å²) in [6, 6.07) is 12.4. The molecule has 2 nitrogen and oxygen atoms in total. The van der Waals surface area contributed by atoms with Gasteiger partial charge in [0.15, 0.2) is 0 Å². The van der Waals surface area contributed by atoms with Gasteiger partial charge in [-0.3, -0.25) is 0 Å². The van der Waals surface area contributed by atoms with Gasteiger partial charge in [0.1, 0.15) is 0 Å². The van der Waals surface area contributed by atoms with E-state index in [9.17, 15) is 0 Å². The highest BCUT2D eigenvalue weighted by molar-refractivity contribution is 7.10. The standard InChI is InChI=1S/C13H12N2S/c14-12-8-15(10-4-2-1-3-5-10)9-13-11(12)6-7-16-13/h1-8H,9,14H2. The number of benzene rings is 1. The van der Waals surface area contributed by atoms with Gasteiger partial charge in [0.2, 0.25) is 0 Å². The Morgan fingerprint density at radius 1 is 1.12 bits per heavy atom. The number of nitrogens with two attached hydrogens (primary N) is 1. The smallest absolute Gasteiger partial charge is 0.0576 e. The molecule has 2 heterocycles. The zero-order valence-corrected chi connectivity index (χ0v) is 9.58. The molecular weight excluding hydrogens is 216 g/mol. The Morgan fingerprint density at radius 3 is 2.75 bits per heavy atom. The first-order chi connectivity index (χ1) is 7.84. The topological polar surface area (TPSA) is 29.3 Å². The van der Waals surface area contributed by atoms with E-state index >= 15 is 0 Å². The molecule has 2 aromatic rings. The molecule has 0 amide bonds. The van der Waals surface area contributed by atoms with Crippen molar-refractivity contribution in [1.82, 2.24) is 0 Å². The van der Waals surface area contributed by atoms with E-state index in [4.69, 9.17) is 5.73 Å². The predicted molar refractivity (Wildman–Crippen MR) is 69.1 cm³/mol. The van der Waals surface area contributed by atoms with E-state index in [-0.39, 0.29) is 0 Å². The molecule has 16 heavy (non-hydrogen) atoms. The predicted octanol–water partition coefficient (Wildman–Crippen LogP) is 3.03. The van der Waals surface area contributed by atoms with Crippen LogP contribution in [-0.2, 0) is 6.54 Å². The van der Waals surface area contributed by atoms with Crippen molar-refractivity contribution in [3.05, 3.63) is 58.4 Å². The van der Waals surface area contributed by atoms with E-state index in [0.29, 0.717) is 0 Å². The SMILES string of the molecule is NC1=CN(c2ccccc2)Cc2sccc21. The van der Waals surface area contributed by atoms with E-state index in [1.807, 2.05) is 24.4 Å². The molecule has 0 spiro atoms. The molecule has 1 aliphatic rings. The van der Waals surface area contributed by atoms with Crippen LogP contribution in [0.1, 0.15) is 10.4 Å². The average molecular weight is 228 g/mol. The summed E-state index contributed by atoms with van der Waals surface area (Å²) in [5.41, 5.74) is 9.27. The summed E-state index contributed by atoms with van der Waals surface area (Å²) in [7, 11) is 0. The molecule has 1 aliphatic heterocycles. The molecule has 3 rings (SSSR count). The zero-order valence-electron chi connectivity index (χ0n) is 8.76. The summed E-state index contributed by atoms with van der Waals surface area (Å²) in [5.74, 6) is 0. The van der Waals surface area contributed by atoms with Crippen LogP contribution in [0.5, 0.6) is 0 Å². The second-order valence-electron chi connectivity index (χ2n) is 3.81. The van der Waals surface area contributed by atoms with E-state index in [2.05, 4.69) is 28.5 Å². The van der Waals surface area contributed by atoms with Gasteiger partial charge in [-0.2, -0.15) is 0 Å². The average Bonchev–Trinajstić information content (AvgIpc) is 2.79. The van der Waals surface area contributed by atoms with Crippen molar-refractivity contribution >= 4 is 22.7 Å². The monoisotopic (exact) mass is 228 g/mol. The van der Waals surface area contributed by atoms with Crippen molar-refractivity contribution in [2.75, 3.05) is 4.90 Å². The van der Waals surface area contributed by atoms with E-state index in [1.54, 1.807) is 11.3 Å². The molecule has 0 radical (unpaired) electrons. The quantitative estimate of drug-likeness (QED) is 0.813. The van der Waals surface area contributed by atoms with Crippen molar-refractivity contribution in [3.63, 3.8) is 0 Å². The Balaban J connectivity index is 2.00. The maximum Gasteiger partial charge on any atom is 0.0576 e. The molecule has 1 aromatic heterocycles. The lowest BCUT2D eigenvalue weighted by Crippen LogP contribution is -2.21. The summed E-state index contributed by atoms with van der Waals surface area (Å²) in [6.45, 7) is 0.914. The van der Waals surface area contributed by atoms with E-state index in [0.717, 1.165) is 12.2 Å². The van der Waals surface area contributed by atoms with E-state index in [1.165, 1.54) is 16.1 Å². The lowest BCUT2D eigenvalue weighted by atomic mass is 10.1. The van der Waals surface area contributed by atoms with Gasteiger partial charge in [-0.25, -0.2) is 0 Å². The first kappa shape index (κ1) is 9.48. The van der Waals surface area contributed by atoms with Crippen LogP contribution < -0.4 is 10.6 Å². The van der Waals surface area contributed by atoms with Crippen LogP contribution in [0.25, 0.3) is 5.70 Å². The number of hydrogen-bond donors (Lipinski definition) is 1. The third-order valence-electron chi connectivity index (χ3n) is 2.75. The van der Waals surface area contributed by atoms with Gasteiger partial charge in [0, 0.05) is 22.3 Å². The molecule has 0 aliphatic carbocycles.